The number of hydrogen-bond donors (Lipinski definition) is 1. The second kappa shape index (κ2) is 6.62. The number of sulfone groups is 1. The average molecular weight is 325 g/mol. The molecule has 0 atom stereocenters. The Hall–Kier alpha value is -0.330. The van der Waals surface area contributed by atoms with Gasteiger partial charge in [-0.05, 0) is 44.7 Å². The van der Waals surface area contributed by atoms with Crippen molar-refractivity contribution in [1.29, 1.82) is 0 Å². The molecule has 2 saturated heterocycles. The number of likely N-dealkylation sites (tertiary alicyclic amines) is 1. The van der Waals surface area contributed by atoms with Crippen molar-refractivity contribution in [3.05, 3.63) is 0 Å². The van der Waals surface area contributed by atoms with E-state index in [2.05, 4.69) is 12.2 Å². The van der Waals surface area contributed by atoms with E-state index >= 15 is 0 Å². The Morgan fingerprint density at radius 1 is 1.20 bits per heavy atom. The molecule has 2 heterocycles. The summed E-state index contributed by atoms with van der Waals surface area (Å²) in [4.78, 5) is 14.5. The number of hydrogen-bond acceptors (Lipinski definition) is 4. The molecular formula is C13H25ClN2O3S. The highest BCUT2D eigenvalue weighted by atomic mass is 35.5. The van der Waals surface area contributed by atoms with E-state index in [9.17, 15) is 13.2 Å². The van der Waals surface area contributed by atoms with Crippen LogP contribution in [-0.4, -0.2) is 56.4 Å². The van der Waals surface area contributed by atoms with Crippen molar-refractivity contribution in [3.63, 3.8) is 0 Å². The second-order valence-corrected chi connectivity index (χ2v) is 8.32. The van der Waals surface area contributed by atoms with Crippen LogP contribution in [0.15, 0.2) is 0 Å². The Morgan fingerprint density at radius 2 is 1.70 bits per heavy atom. The summed E-state index contributed by atoms with van der Waals surface area (Å²) >= 11 is 0. The van der Waals surface area contributed by atoms with Crippen molar-refractivity contribution in [2.45, 2.75) is 37.4 Å². The second-order valence-electron chi connectivity index (χ2n) is 5.99. The van der Waals surface area contributed by atoms with Crippen molar-refractivity contribution < 1.29 is 13.2 Å². The lowest BCUT2D eigenvalue weighted by molar-refractivity contribution is -0.136. The lowest BCUT2D eigenvalue weighted by Crippen LogP contribution is -2.59. The molecule has 0 radical (unpaired) electrons. The highest BCUT2D eigenvalue weighted by Gasteiger charge is 2.50. The summed E-state index contributed by atoms with van der Waals surface area (Å²) in [7, 11) is -3.38. The SMILES string of the molecule is CC1CCN(C(=O)C2(S(C)(=O)=O)CCNCC2)CC1.Cl. The van der Waals surface area contributed by atoms with Gasteiger partial charge in [0.05, 0.1) is 0 Å². The van der Waals surface area contributed by atoms with Crippen LogP contribution >= 0.6 is 12.4 Å². The minimum Gasteiger partial charge on any atom is -0.341 e. The summed E-state index contributed by atoms with van der Waals surface area (Å²) in [5, 5.41) is 3.14. The van der Waals surface area contributed by atoms with Gasteiger partial charge >= 0.3 is 0 Å². The first-order valence-electron chi connectivity index (χ1n) is 7.06. The van der Waals surface area contributed by atoms with Gasteiger partial charge in [-0.1, -0.05) is 6.92 Å². The zero-order chi connectivity index (χ0) is 14.1. The molecule has 0 aromatic carbocycles. The highest BCUT2D eigenvalue weighted by Crippen LogP contribution is 2.31. The first-order valence-corrected chi connectivity index (χ1v) is 8.96. The van der Waals surface area contributed by atoms with Crippen molar-refractivity contribution in [2.24, 2.45) is 5.92 Å². The number of amides is 1. The van der Waals surface area contributed by atoms with Crippen molar-refractivity contribution in [2.75, 3.05) is 32.4 Å². The summed E-state index contributed by atoms with van der Waals surface area (Å²) in [6.07, 6.45) is 3.96. The van der Waals surface area contributed by atoms with E-state index in [0.717, 1.165) is 12.8 Å². The predicted octanol–water partition coefficient (Wildman–Crippen LogP) is 0.833. The molecule has 20 heavy (non-hydrogen) atoms. The Kier molecular flexibility index (Phi) is 5.87. The maximum Gasteiger partial charge on any atom is 0.244 e. The van der Waals surface area contributed by atoms with Gasteiger partial charge in [0.15, 0.2) is 14.6 Å². The molecule has 0 bridgehead atoms. The molecule has 2 aliphatic heterocycles. The van der Waals surface area contributed by atoms with Gasteiger partial charge in [-0.3, -0.25) is 4.79 Å². The van der Waals surface area contributed by atoms with E-state index in [1.807, 2.05) is 0 Å². The maximum absolute atomic E-state index is 12.7. The van der Waals surface area contributed by atoms with E-state index in [-0.39, 0.29) is 18.3 Å². The monoisotopic (exact) mass is 324 g/mol. The summed E-state index contributed by atoms with van der Waals surface area (Å²) < 4.78 is 23.2. The van der Waals surface area contributed by atoms with Gasteiger partial charge in [-0.15, -0.1) is 12.4 Å². The standard InChI is InChI=1S/C13H24N2O3S.ClH/c1-11-3-9-15(10-4-11)12(16)13(19(2,17)18)5-7-14-8-6-13;/h11,14H,3-10H2,1-2H3;1H. The summed E-state index contributed by atoms with van der Waals surface area (Å²) in [5.41, 5.74) is 0. The first-order chi connectivity index (χ1) is 8.87. The van der Waals surface area contributed by atoms with Crippen LogP contribution in [0.1, 0.15) is 32.6 Å². The Balaban J connectivity index is 0.00000200. The molecule has 118 valence electrons. The molecule has 0 aromatic rings. The predicted molar refractivity (Wildman–Crippen MR) is 81.9 cm³/mol. The Morgan fingerprint density at radius 3 is 2.15 bits per heavy atom. The molecule has 0 aromatic heterocycles. The van der Waals surface area contributed by atoms with Crippen LogP contribution in [0.4, 0.5) is 0 Å². The topological polar surface area (TPSA) is 66.5 Å². The number of piperidine rings is 2. The number of carbonyl (C=O) groups is 1. The molecule has 1 N–H and O–H groups in total. The van der Waals surface area contributed by atoms with Crippen molar-refractivity contribution >= 4 is 28.2 Å². The van der Waals surface area contributed by atoms with E-state index in [1.54, 1.807) is 4.90 Å². The number of nitrogens with zero attached hydrogens (tertiary/aromatic N) is 1. The fourth-order valence-corrected chi connectivity index (χ4v) is 4.47. The fraction of sp³-hybridized carbons (Fsp3) is 0.923. The van der Waals surface area contributed by atoms with E-state index < -0.39 is 14.6 Å². The van der Waals surface area contributed by atoms with E-state index in [1.165, 1.54) is 6.26 Å². The highest BCUT2D eigenvalue weighted by molar-refractivity contribution is 7.92. The third-order valence-electron chi connectivity index (χ3n) is 4.58. The molecule has 7 heteroatoms. The van der Waals surface area contributed by atoms with E-state index in [4.69, 9.17) is 0 Å². The normalized spacial score (nSPS) is 24.0. The molecule has 1 amide bonds. The summed E-state index contributed by atoms with van der Waals surface area (Å²) in [5.74, 6) is 0.467. The minimum atomic E-state index is -3.38. The van der Waals surface area contributed by atoms with Crippen LogP contribution in [0, 0.1) is 5.92 Å². The quantitative estimate of drug-likeness (QED) is 0.817. The average Bonchev–Trinajstić information content (AvgIpc) is 2.38. The molecular weight excluding hydrogens is 300 g/mol. The van der Waals surface area contributed by atoms with Crippen molar-refractivity contribution in [3.8, 4) is 0 Å². The van der Waals surface area contributed by atoms with Gasteiger partial charge in [0, 0.05) is 19.3 Å². The third kappa shape index (κ3) is 3.28. The smallest absolute Gasteiger partial charge is 0.244 e. The zero-order valence-electron chi connectivity index (χ0n) is 12.2. The number of rotatable bonds is 2. The first kappa shape index (κ1) is 17.7. The van der Waals surface area contributed by atoms with Gasteiger partial charge in [-0.2, -0.15) is 0 Å². The van der Waals surface area contributed by atoms with Gasteiger partial charge in [-0.25, -0.2) is 8.42 Å². The number of nitrogens with one attached hydrogen (secondary N) is 1. The largest absolute Gasteiger partial charge is 0.341 e. The van der Waals surface area contributed by atoms with Crippen LogP contribution in [0.2, 0.25) is 0 Å². The molecule has 2 fully saturated rings. The van der Waals surface area contributed by atoms with Crippen LogP contribution < -0.4 is 5.32 Å². The van der Waals surface area contributed by atoms with Crippen LogP contribution in [-0.2, 0) is 14.6 Å². The molecule has 0 aliphatic carbocycles. The van der Waals surface area contributed by atoms with Gasteiger partial charge in [0.2, 0.25) is 5.91 Å². The van der Waals surface area contributed by atoms with Crippen LogP contribution in [0.5, 0.6) is 0 Å². The summed E-state index contributed by atoms with van der Waals surface area (Å²) in [6.45, 7) is 4.78. The molecule has 0 saturated carbocycles. The fourth-order valence-electron chi connectivity index (χ4n) is 3.07. The molecule has 0 spiro atoms. The number of carbonyl (C=O) groups excluding carboxylic acids is 1. The molecule has 5 nitrogen and oxygen atoms in total. The zero-order valence-corrected chi connectivity index (χ0v) is 13.9. The summed E-state index contributed by atoms with van der Waals surface area (Å²) in [6, 6.07) is 0. The Bertz CT molecular complexity index is 439. The van der Waals surface area contributed by atoms with Gasteiger partial charge in [0.25, 0.3) is 0 Å². The van der Waals surface area contributed by atoms with Gasteiger partial charge < -0.3 is 10.2 Å². The third-order valence-corrected chi connectivity index (χ3v) is 6.58. The number of halogens is 1. The van der Waals surface area contributed by atoms with E-state index in [0.29, 0.717) is 44.9 Å². The maximum atomic E-state index is 12.7. The lowest BCUT2D eigenvalue weighted by atomic mass is 9.92. The molecule has 2 rings (SSSR count). The molecule has 2 aliphatic rings. The Labute approximate surface area is 127 Å². The van der Waals surface area contributed by atoms with Crippen LogP contribution in [0.25, 0.3) is 0 Å². The minimum absolute atomic E-state index is 0. The van der Waals surface area contributed by atoms with Gasteiger partial charge in [0.1, 0.15) is 0 Å². The van der Waals surface area contributed by atoms with Crippen LogP contribution in [0.3, 0.4) is 0 Å². The van der Waals surface area contributed by atoms with Crippen molar-refractivity contribution in [1.82, 2.24) is 10.2 Å². The lowest BCUT2D eigenvalue weighted by Gasteiger charge is -2.40. The molecule has 0 unspecified atom stereocenters.